The molecule has 2 heterocycles. The van der Waals surface area contributed by atoms with E-state index in [1.54, 1.807) is 0 Å². The van der Waals surface area contributed by atoms with Crippen molar-refractivity contribution in [2.24, 2.45) is 17.6 Å². The maximum absolute atomic E-state index is 15.1. The van der Waals surface area contributed by atoms with Crippen LogP contribution in [0.25, 0.3) is 0 Å². The average molecular weight is 353 g/mol. The first-order valence-electron chi connectivity index (χ1n) is 9.92. The lowest BCUT2D eigenvalue weighted by Gasteiger charge is -2.36. The number of hydrogen-bond acceptors (Lipinski definition) is 4. The third kappa shape index (κ3) is 5.39. The molecule has 2 saturated heterocycles. The van der Waals surface area contributed by atoms with Gasteiger partial charge in [-0.1, -0.05) is 0 Å². The van der Waals surface area contributed by atoms with E-state index in [4.69, 9.17) is 5.73 Å². The maximum atomic E-state index is 15.1. The van der Waals surface area contributed by atoms with Crippen LogP contribution >= 0.6 is 0 Å². The third-order valence-corrected chi connectivity index (χ3v) is 6.35. The van der Waals surface area contributed by atoms with Crippen LogP contribution in [0.4, 0.5) is 4.39 Å². The van der Waals surface area contributed by atoms with Crippen LogP contribution < -0.4 is 5.73 Å². The van der Waals surface area contributed by atoms with E-state index in [0.717, 1.165) is 32.5 Å². The molecule has 0 aromatic rings. The number of nitrogens with two attached hydrogens (primary N) is 1. The van der Waals surface area contributed by atoms with E-state index in [-0.39, 0.29) is 11.5 Å². The largest absolute Gasteiger partial charge is 0.325 e. The molecular formula is C20H37FN4. The van der Waals surface area contributed by atoms with Crippen LogP contribution in [0.5, 0.6) is 0 Å². The molecule has 2 N–H and O–H groups in total. The minimum atomic E-state index is -1.70. The molecule has 144 valence electrons. The van der Waals surface area contributed by atoms with Gasteiger partial charge >= 0.3 is 0 Å². The number of hydrogen-bond donors (Lipinski definition) is 1. The van der Waals surface area contributed by atoms with Crippen molar-refractivity contribution in [3.8, 4) is 6.07 Å². The first kappa shape index (κ1) is 20.6. The van der Waals surface area contributed by atoms with Gasteiger partial charge in [0.15, 0.2) is 5.67 Å². The van der Waals surface area contributed by atoms with E-state index in [2.05, 4.69) is 44.4 Å². The van der Waals surface area contributed by atoms with Gasteiger partial charge in [-0.15, -0.1) is 0 Å². The molecule has 0 spiro atoms. The molecule has 4 atom stereocenters. The van der Waals surface area contributed by atoms with E-state index in [9.17, 15) is 5.26 Å². The first-order chi connectivity index (χ1) is 11.6. The summed E-state index contributed by atoms with van der Waals surface area (Å²) < 4.78 is 15.1. The minimum absolute atomic E-state index is 0.178. The SMILES string of the molecule is CC(C)N1CCC(C)(N)CC(C2CN(C(C)C)CCC(F)(C#N)C2)C1. The Balaban J connectivity index is 2.27. The molecule has 0 aliphatic carbocycles. The van der Waals surface area contributed by atoms with Crippen LogP contribution in [0, 0.1) is 23.2 Å². The molecule has 2 fully saturated rings. The molecule has 2 rings (SSSR count). The maximum Gasteiger partial charge on any atom is 0.197 e. The lowest BCUT2D eigenvalue weighted by atomic mass is 9.77. The topological polar surface area (TPSA) is 56.3 Å². The lowest BCUT2D eigenvalue weighted by molar-refractivity contribution is 0.113. The molecule has 5 heteroatoms. The predicted octanol–water partition coefficient (Wildman–Crippen LogP) is 3.18. The highest BCUT2D eigenvalue weighted by molar-refractivity contribution is 5.06. The molecule has 4 unspecified atom stereocenters. The van der Waals surface area contributed by atoms with Gasteiger partial charge in [0.25, 0.3) is 0 Å². The monoisotopic (exact) mass is 352 g/mol. The van der Waals surface area contributed by atoms with E-state index < -0.39 is 5.67 Å². The van der Waals surface area contributed by atoms with Crippen LogP contribution in [0.1, 0.15) is 60.3 Å². The zero-order chi connectivity index (χ0) is 18.8. The van der Waals surface area contributed by atoms with E-state index >= 15 is 4.39 Å². The Bertz CT molecular complexity index is 485. The van der Waals surface area contributed by atoms with Crippen LogP contribution in [0.15, 0.2) is 0 Å². The van der Waals surface area contributed by atoms with Crippen LogP contribution in [0.2, 0.25) is 0 Å². The Morgan fingerprint density at radius 2 is 1.48 bits per heavy atom. The number of nitriles is 1. The summed E-state index contributed by atoms with van der Waals surface area (Å²) in [7, 11) is 0. The van der Waals surface area contributed by atoms with Gasteiger partial charge in [-0.05, 0) is 65.7 Å². The van der Waals surface area contributed by atoms with Crippen LogP contribution in [-0.4, -0.2) is 59.3 Å². The van der Waals surface area contributed by atoms with Crippen molar-refractivity contribution in [2.45, 2.75) is 83.6 Å². The Morgan fingerprint density at radius 1 is 1.00 bits per heavy atom. The van der Waals surface area contributed by atoms with Crippen molar-refractivity contribution in [3.63, 3.8) is 0 Å². The van der Waals surface area contributed by atoms with Gasteiger partial charge < -0.3 is 15.5 Å². The minimum Gasteiger partial charge on any atom is -0.325 e. The van der Waals surface area contributed by atoms with Crippen molar-refractivity contribution in [2.75, 3.05) is 26.2 Å². The van der Waals surface area contributed by atoms with Crippen LogP contribution in [-0.2, 0) is 0 Å². The van der Waals surface area contributed by atoms with E-state index in [0.29, 0.717) is 37.4 Å². The van der Waals surface area contributed by atoms with Gasteiger partial charge in [0.05, 0.1) is 0 Å². The molecule has 0 radical (unpaired) electrons. The van der Waals surface area contributed by atoms with Gasteiger partial charge in [0.1, 0.15) is 6.07 Å². The average Bonchev–Trinajstić information content (AvgIpc) is 2.79. The fourth-order valence-electron chi connectivity index (χ4n) is 4.52. The van der Waals surface area contributed by atoms with Crippen molar-refractivity contribution in [1.82, 2.24) is 9.80 Å². The number of likely N-dealkylation sites (tertiary alicyclic amines) is 2. The highest BCUT2D eigenvalue weighted by Crippen LogP contribution is 2.38. The highest BCUT2D eigenvalue weighted by atomic mass is 19.1. The van der Waals surface area contributed by atoms with Crippen molar-refractivity contribution < 1.29 is 4.39 Å². The Hall–Kier alpha value is -0.700. The molecular weight excluding hydrogens is 315 g/mol. The molecule has 0 saturated carbocycles. The molecule has 2 aliphatic rings. The smallest absolute Gasteiger partial charge is 0.197 e. The second-order valence-corrected chi connectivity index (χ2v) is 9.34. The van der Waals surface area contributed by atoms with Gasteiger partial charge in [-0.2, -0.15) is 5.26 Å². The molecule has 25 heavy (non-hydrogen) atoms. The molecule has 0 aromatic heterocycles. The first-order valence-corrected chi connectivity index (χ1v) is 9.92. The Kier molecular flexibility index (Phi) is 6.51. The normalized spacial score (nSPS) is 39.2. The quantitative estimate of drug-likeness (QED) is 0.847. The highest BCUT2D eigenvalue weighted by Gasteiger charge is 2.43. The Morgan fingerprint density at radius 3 is 1.96 bits per heavy atom. The predicted molar refractivity (Wildman–Crippen MR) is 101 cm³/mol. The molecule has 4 nitrogen and oxygen atoms in total. The summed E-state index contributed by atoms with van der Waals surface area (Å²) in [5, 5.41) is 9.44. The summed E-state index contributed by atoms with van der Waals surface area (Å²) >= 11 is 0. The number of halogens is 1. The summed E-state index contributed by atoms with van der Waals surface area (Å²) in [6.45, 7) is 14.4. The second kappa shape index (κ2) is 7.90. The fourth-order valence-corrected chi connectivity index (χ4v) is 4.52. The lowest BCUT2D eigenvalue weighted by Crippen LogP contribution is -2.43. The van der Waals surface area contributed by atoms with Gasteiger partial charge in [-0.25, -0.2) is 4.39 Å². The number of rotatable bonds is 3. The van der Waals surface area contributed by atoms with Gasteiger partial charge in [-0.3, -0.25) is 0 Å². The summed E-state index contributed by atoms with van der Waals surface area (Å²) in [6, 6.07) is 2.82. The van der Waals surface area contributed by atoms with E-state index in [1.165, 1.54) is 0 Å². The molecule has 2 aliphatic heterocycles. The summed E-state index contributed by atoms with van der Waals surface area (Å²) in [5.74, 6) is 0.513. The van der Waals surface area contributed by atoms with Gasteiger partial charge in [0.2, 0.25) is 0 Å². The summed E-state index contributed by atoms with van der Waals surface area (Å²) in [5.41, 5.74) is 4.66. The van der Waals surface area contributed by atoms with Crippen molar-refractivity contribution in [1.29, 1.82) is 5.26 Å². The summed E-state index contributed by atoms with van der Waals surface area (Å²) in [6.07, 6.45) is 2.55. The number of alkyl halides is 1. The molecule has 0 amide bonds. The molecule has 0 bridgehead atoms. The molecule has 0 aromatic carbocycles. The van der Waals surface area contributed by atoms with Crippen molar-refractivity contribution in [3.05, 3.63) is 0 Å². The van der Waals surface area contributed by atoms with Crippen molar-refractivity contribution >= 4 is 0 Å². The van der Waals surface area contributed by atoms with Gasteiger partial charge in [0, 0.05) is 50.2 Å². The van der Waals surface area contributed by atoms with E-state index in [1.807, 2.05) is 6.07 Å². The Labute approximate surface area is 153 Å². The number of nitrogens with zero attached hydrogens (tertiary/aromatic N) is 3. The zero-order valence-corrected chi connectivity index (χ0v) is 16.8. The third-order valence-electron chi connectivity index (χ3n) is 6.35. The van der Waals surface area contributed by atoms with Crippen LogP contribution in [0.3, 0.4) is 0 Å². The fraction of sp³-hybridized carbons (Fsp3) is 0.950. The summed E-state index contributed by atoms with van der Waals surface area (Å²) in [4.78, 5) is 4.83. The zero-order valence-electron chi connectivity index (χ0n) is 16.8. The second-order valence-electron chi connectivity index (χ2n) is 9.34. The standard InChI is InChI=1S/C20H37FN4/c1-15(2)24-8-6-19(5,23)10-17(12-24)18-11-20(21,14-22)7-9-25(13-18)16(3)4/h15-18H,6-13,23H2,1-5H3.